The number of unbranched alkanes of at least 4 members (excludes halogenated alkanes) is 12. The first kappa shape index (κ1) is 21.9. The molecule has 0 aromatic carbocycles. The molecular weight excluding hydrogens is 312 g/mol. The van der Waals surface area contributed by atoms with Crippen LogP contribution in [0.1, 0.15) is 104 Å². The van der Waals surface area contributed by atoms with Gasteiger partial charge in [0.05, 0.1) is 12.3 Å². The Morgan fingerprint density at radius 3 is 1.92 bits per heavy atom. The molecule has 0 amide bonds. The molecule has 1 aliphatic heterocycles. The number of hydrogen-bond donors (Lipinski definition) is 0. The number of allylic oxidation sites excluding steroid dienone is 2. The molecule has 0 N–H and O–H groups in total. The fraction of sp³-hybridized carbons (Fsp3) is 0.818. The number of rotatable bonds is 15. The summed E-state index contributed by atoms with van der Waals surface area (Å²) >= 11 is 0. The lowest BCUT2D eigenvalue weighted by atomic mass is 9.92. The van der Waals surface area contributed by atoms with Gasteiger partial charge in [0.25, 0.3) is 0 Å². The third-order valence-electron chi connectivity index (χ3n) is 5.20. The number of ether oxygens (including phenoxy) is 1. The highest BCUT2D eigenvalue weighted by atomic mass is 16.6. The normalized spacial score (nSPS) is 18.9. The molecule has 25 heavy (non-hydrogen) atoms. The van der Waals surface area contributed by atoms with Crippen molar-refractivity contribution in [3.8, 4) is 0 Å². The molecule has 2 unspecified atom stereocenters. The predicted molar refractivity (Wildman–Crippen MR) is 103 cm³/mol. The van der Waals surface area contributed by atoms with Crippen LogP contribution in [0.4, 0.5) is 0 Å². The van der Waals surface area contributed by atoms with E-state index in [0.29, 0.717) is 0 Å². The van der Waals surface area contributed by atoms with Gasteiger partial charge in [-0.1, -0.05) is 96.6 Å². The minimum atomic E-state index is -0.379. The molecule has 1 heterocycles. The minimum Gasteiger partial charge on any atom is -0.393 e. The van der Waals surface area contributed by atoms with Gasteiger partial charge in [0.2, 0.25) is 0 Å². The second-order valence-corrected chi connectivity index (χ2v) is 7.57. The summed E-state index contributed by atoms with van der Waals surface area (Å²) in [5.41, 5.74) is 0. The van der Waals surface area contributed by atoms with Crippen LogP contribution in [0.2, 0.25) is 0 Å². The largest absolute Gasteiger partial charge is 0.393 e. The van der Waals surface area contributed by atoms with Gasteiger partial charge in [0.1, 0.15) is 0 Å². The van der Waals surface area contributed by atoms with E-state index in [1.54, 1.807) is 0 Å². The topological polar surface area (TPSA) is 43.4 Å². The lowest BCUT2D eigenvalue weighted by Gasteiger charge is -2.09. The molecule has 3 nitrogen and oxygen atoms in total. The predicted octanol–water partition coefficient (Wildman–Crippen LogP) is 6.36. The van der Waals surface area contributed by atoms with Crippen LogP contribution in [0.15, 0.2) is 12.2 Å². The third-order valence-corrected chi connectivity index (χ3v) is 5.20. The maximum Gasteiger partial charge on any atom is 0.317 e. The molecule has 1 fully saturated rings. The number of carbonyl (C=O) groups excluding carboxylic acids is 2. The van der Waals surface area contributed by atoms with Crippen LogP contribution in [0.3, 0.4) is 0 Å². The van der Waals surface area contributed by atoms with Crippen molar-refractivity contribution < 1.29 is 14.3 Å². The number of carbonyl (C=O) groups is 2. The van der Waals surface area contributed by atoms with E-state index in [1.807, 2.05) is 6.92 Å². The van der Waals surface area contributed by atoms with Crippen molar-refractivity contribution in [2.75, 3.05) is 0 Å². The molecule has 1 saturated heterocycles. The fourth-order valence-corrected chi connectivity index (χ4v) is 3.44. The SMILES string of the molecule is CCCCCCCCCCCCCC/C=C/C(C)C1CC(=O)OC1=O. The first-order chi connectivity index (χ1) is 12.1. The van der Waals surface area contributed by atoms with Crippen LogP contribution in [-0.4, -0.2) is 11.9 Å². The summed E-state index contributed by atoms with van der Waals surface area (Å²) in [7, 11) is 0. The van der Waals surface area contributed by atoms with Crippen molar-refractivity contribution >= 4 is 11.9 Å². The van der Waals surface area contributed by atoms with Crippen molar-refractivity contribution in [1.82, 2.24) is 0 Å². The quantitative estimate of drug-likeness (QED) is 0.149. The van der Waals surface area contributed by atoms with Gasteiger partial charge in [-0.25, -0.2) is 0 Å². The van der Waals surface area contributed by atoms with Crippen molar-refractivity contribution in [2.45, 2.75) is 104 Å². The highest BCUT2D eigenvalue weighted by Crippen LogP contribution is 2.25. The Kier molecular flexibility index (Phi) is 12.4. The first-order valence-corrected chi connectivity index (χ1v) is 10.6. The highest BCUT2D eigenvalue weighted by Gasteiger charge is 2.36. The van der Waals surface area contributed by atoms with Crippen molar-refractivity contribution in [1.29, 1.82) is 0 Å². The molecule has 3 heteroatoms. The van der Waals surface area contributed by atoms with Gasteiger partial charge in [-0.2, -0.15) is 0 Å². The summed E-state index contributed by atoms with van der Waals surface area (Å²) in [4.78, 5) is 22.6. The van der Waals surface area contributed by atoms with Gasteiger partial charge in [0, 0.05) is 0 Å². The molecular formula is C22H38O3. The van der Waals surface area contributed by atoms with Crippen LogP contribution in [-0.2, 0) is 14.3 Å². The van der Waals surface area contributed by atoms with Crippen molar-refractivity contribution in [2.24, 2.45) is 11.8 Å². The molecule has 0 radical (unpaired) electrons. The molecule has 1 rings (SSSR count). The molecule has 144 valence electrons. The van der Waals surface area contributed by atoms with Gasteiger partial charge >= 0.3 is 11.9 Å². The van der Waals surface area contributed by atoms with Gasteiger partial charge < -0.3 is 4.74 Å². The van der Waals surface area contributed by atoms with Crippen LogP contribution >= 0.6 is 0 Å². The lowest BCUT2D eigenvalue weighted by Crippen LogP contribution is -2.14. The number of cyclic esters (lactones) is 2. The minimum absolute atomic E-state index is 0.0938. The fourth-order valence-electron chi connectivity index (χ4n) is 3.44. The van der Waals surface area contributed by atoms with E-state index in [-0.39, 0.29) is 30.2 Å². The maximum atomic E-state index is 11.5. The first-order valence-electron chi connectivity index (χ1n) is 10.6. The Labute approximate surface area is 154 Å². The zero-order valence-electron chi connectivity index (χ0n) is 16.4. The molecule has 1 aliphatic rings. The van der Waals surface area contributed by atoms with Crippen LogP contribution in [0, 0.1) is 11.8 Å². The summed E-state index contributed by atoms with van der Waals surface area (Å²) in [6.45, 7) is 4.26. The summed E-state index contributed by atoms with van der Waals surface area (Å²) in [5.74, 6) is -0.911. The summed E-state index contributed by atoms with van der Waals surface area (Å²) in [6, 6.07) is 0. The van der Waals surface area contributed by atoms with Crippen LogP contribution in [0.25, 0.3) is 0 Å². The Bertz CT molecular complexity index is 400. The monoisotopic (exact) mass is 350 g/mol. The lowest BCUT2D eigenvalue weighted by molar-refractivity contribution is -0.153. The number of hydrogen-bond acceptors (Lipinski definition) is 3. The highest BCUT2D eigenvalue weighted by molar-refractivity contribution is 5.94. The Morgan fingerprint density at radius 1 is 0.920 bits per heavy atom. The Balaban J connectivity index is 1.88. The standard InChI is InChI=1S/C22H38O3/c1-3-4-5-6-7-8-9-10-11-12-13-14-15-16-17-19(2)20-18-21(23)25-22(20)24/h16-17,19-20H,3-15,18H2,1-2H3/b17-16+. The molecule has 0 bridgehead atoms. The van der Waals surface area contributed by atoms with Gasteiger partial charge in [-0.3, -0.25) is 9.59 Å². The summed E-state index contributed by atoms with van der Waals surface area (Å²) in [5, 5.41) is 0. The van der Waals surface area contributed by atoms with E-state index in [1.165, 1.54) is 77.0 Å². The van der Waals surface area contributed by atoms with E-state index in [0.717, 1.165) is 6.42 Å². The third kappa shape index (κ3) is 10.5. The van der Waals surface area contributed by atoms with Gasteiger partial charge in [0.15, 0.2) is 0 Å². The molecule has 0 saturated carbocycles. The average Bonchev–Trinajstić information content (AvgIpc) is 2.93. The van der Waals surface area contributed by atoms with E-state index in [4.69, 9.17) is 0 Å². The maximum absolute atomic E-state index is 11.5. The van der Waals surface area contributed by atoms with Crippen LogP contribution in [0.5, 0.6) is 0 Å². The number of esters is 2. The average molecular weight is 351 g/mol. The van der Waals surface area contributed by atoms with E-state index in [9.17, 15) is 9.59 Å². The van der Waals surface area contributed by atoms with Gasteiger partial charge in [-0.05, 0) is 18.8 Å². The van der Waals surface area contributed by atoms with Crippen molar-refractivity contribution in [3.63, 3.8) is 0 Å². The Hall–Kier alpha value is -1.12. The van der Waals surface area contributed by atoms with E-state index in [2.05, 4.69) is 23.8 Å². The van der Waals surface area contributed by atoms with Gasteiger partial charge in [-0.15, -0.1) is 0 Å². The molecule has 0 aromatic rings. The molecule has 0 aliphatic carbocycles. The van der Waals surface area contributed by atoms with E-state index >= 15 is 0 Å². The zero-order valence-corrected chi connectivity index (χ0v) is 16.4. The van der Waals surface area contributed by atoms with Crippen LogP contribution < -0.4 is 0 Å². The second kappa shape index (κ2) is 14.1. The van der Waals surface area contributed by atoms with E-state index < -0.39 is 0 Å². The smallest absolute Gasteiger partial charge is 0.317 e. The summed E-state index contributed by atoms with van der Waals surface area (Å²) in [6.07, 6.45) is 21.9. The Morgan fingerprint density at radius 2 is 1.44 bits per heavy atom. The summed E-state index contributed by atoms with van der Waals surface area (Å²) < 4.78 is 4.61. The van der Waals surface area contributed by atoms with Crippen molar-refractivity contribution in [3.05, 3.63) is 12.2 Å². The second-order valence-electron chi connectivity index (χ2n) is 7.57. The molecule has 0 aromatic heterocycles. The molecule has 2 atom stereocenters. The molecule has 0 spiro atoms. The zero-order chi connectivity index (χ0) is 18.3.